The molecule has 0 saturated heterocycles. The van der Waals surface area contributed by atoms with E-state index in [0.717, 1.165) is 44.5 Å². The largest absolute Gasteiger partial charge is 0.491 e. The van der Waals surface area contributed by atoms with Gasteiger partial charge >= 0.3 is 0 Å². The van der Waals surface area contributed by atoms with Crippen molar-refractivity contribution in [1.82, 2.24) is 0 Å². The van der Waals surface area contributed by atoms with Crippen LogP contribution in [0.5, 0.6) is 11.5 Å². The summed E-state index contributed by atoms with van der Waals surface area (Å²) in [4.78, 5) is 11.9. The fourth-order valence-corrected chi connectivity index (χ4v) is 3.58. The Bertz CT molecular complexity index is 953. The Morgan fingerprint density at radius 3 is 1.85 bits per heavy atom. The molecule has 0 aromatic heterocycles. The molecule has 0 fully saturated rings. The molecule has 0 saturated carbocycles. The van der Waals surface area contributed by atoms with Crippen molar-refractivity contribution in [3.05, 3.63) is 48.0 Å². The minimum atomic E-state index is 0.0463. The van der Waals surface area contributed by atoms with E-state index >= 15 is 0 Å². The summed E-state index contributed by atoms with van der Waals surface area (Å²) in [5.41, 5.74) is 0.683. The first-order valence-corrected chi connectivity index (χ1v) is 11.7. The van der Waals surface area contributed by atoms with Crippen LogP contribution in [0.25, 0.3) is 21.5 Å². The molecular weight excluding hydrogens is 376 g/mol. The van der Waals surface area contributed by atoms with Crippen molar-refractivity contribution >= 4 is 50.9 Å². The summed E-state index contributed by atoms with van der Waals surface area (Å²) in [5.74, 6) is 3.57. The zero-order valence-corrected chi connectivity index (χ0v) is 17.5. The molecule has 0 spiro atoms. The predicted molar refractivity (Wildman–Crippen MR) is 119 cm³/mol. The normalized spacial score (nSPS) is 11.1. The standard InChI is InChI=1S/C22H24O3S2/c1-15(23)16-8-9-19-20(14-16)22(25-11-13-27-3)18-7-5-4-6-17(18)21(19)24-10-12-26-2/h4-9,14H,10-13H2,1-3H3. The lowest BCUT2D eigenvalue weighted by molar-refractivity contribution is 0.101. The number of fused-ring (bicyclic) bond motifs is 2. The maximum absolute atomic E-state index is 11.9. The molecule has 0 aliphatic heterocycles. The molecule has 0 unspecified atom stereocenters. The van der Waals surface area contributed by atoms with Gasteiger partial charge < -0.3 is 9.47 Å². The van der Waals surface area contributed by atoms with Crippen LogP contribution >= 0.6 is 23.5 Å². The van der Waals surface area contributed by atoms with Crippen LogP contribution < -0.4 is 9.47 Å². The summed E-state index contributed by atoms with van der Waals surface area (Å²) in [5, 5.41) is 3.98. The highest BCUT2D eigenvalue weighted by molar-refractivity contribution is 7.98. The lowest BCUT2D eigenvalue weighted by Crippen LogP contribution is -2.05. The van der Waals surface area contributed by atoms with Crippen LogP contribution in [0, 0.1) is 0 Å². The minimum Gasteiger partial charge on any atom is -0.491 e. The van der Waals surface area contributed by atoms with Gasteiger partial charge in [0.1, 0.15) is 11.5 Å². The fraction of sp³-hybridized carbons (Fsp3) is 0.318. The van der Waals surface area contributed by atoms with Crippen molar-refractivity contribution in [3.63, 3.8) is 0 Å². The second kappa shape index (κ2) is 9.38. The number of hydrogen-bond donors (Lipinski definition) is 0. The van der Waals surface area contributed by atoms with Crippen molar-refractivity contribution < 1.29 is 14.3 Å². The van der Waals surface area contributed by atoms with Gasteiger partial charge in [-0.3, -0.25) is 4.79 Å². The second-order valence-corrected chi connectivity index (χ2v) is 8.17. The maximum Gasteiger partial charge on any atom is 0.159 e. The number of Topliss-reactive ketones (excluding diaryl/α,β-unsaturated/α-hetero) is 1. The third-order valence-electron chi connectivity index (χ3n) is 4.40. The molecule has 0 aliphatic carbocycles. The van der Waals surface area contributed by atoms with Crippen molar-refractivity contribution in [1.29, 1.82) is 0 Å². The van der Waals surface area contributed by atoms with E-state index < -0.39 is 0 Å². The molecule has 142 valence electrons. The molecule has 0 amide bonds. The van der Waals surface area contributed by atoms with Crippen LogP contribution in [0.15, 0.2) is 42.5 Å². The monoisotopic (exact) mass is 400 g/mol. The Labute approximate surface area is 168 Å². The van der Waals surface area contributed by atoms with E-state index in [1.54, 1.807) is 30.4 Å². The molecule has 0 atom stereocenters. The molecule has 27 heavy (non-hydrogen) atoms. The van der Waals surface area contributed by atoms with E-state index in [9.17, 15) is 4.79 Å². The molecule has 3 aromatic carbocycles. The Kier molecular flexibility index (Phi) is 6.91. The topological polar surface area (TPSA) is 35.5 Å². The van der Waals surface area contributed by atoms with Gasteiger partial charge in [-0.05, 0) is 31.6 Å². The summed E-state index contributed by atoms with van der Waals surface area (Å²) in [6.45, 7) is 2.85. The van der Waals surface area contributed by atoms with Gasteiger partial charge in [-0.25, -0.2) is 0 Å². The van der Waals surface area contributed by atoms with Crippen LogP contribution in [0.4, 0.5) is 0 Å². The van der Waals surface area contributed by atoms with E-state index in [1.807, 2.05) is 30.3 Å². The number of ether oxygens (including phenoxy) is 2. The molecular formula is C22H24O3S2. The Morgan fingerprint density at radius 1 is 0.815 bits per heavy atom. The second-order valence-electron chi connectivity index (χ2n) is 6.20. The molecule has 0 radical (unpaired) electrons. The molecule has 3 nitrogen and oxygen atoms in total. The van der Waals surface area contributed by atoms with E-state index in [0.29, 0.717) is 18.8 Å². The summed E-state index contributed by atoms with van der Waals surface area (Å²) in [6, 6.07) is 13.9. The highest BCUT2D eigenvalue weighted by atomic mass is 32.2. The summed E-state index contributed by atoms with van der Waals surface area (Å²) < 4.78 is 12.4. The average molecular weight is 401 g/mol. The van der Waals surface area contributed by atoms with Crippen LogP contribution in [-0.4, -0.2) is 43.0 Å². The lowest BCUT2D eigenvalue weighted by atomic mass is 9.98. The number of carbonyl (C=O) groups is 1. The number of hydrogen-bond acceptors (Lipinski definition) is 5. The lowest BCUT2D eigenvalue weighted by Gasteiger charge is -2.18. The molecule has 3 aromatic rings. The van der Waals surface area contributed by atoms with Gasteiger partial charge in [0.25, 0.3) is 0 Å². The summed E-state index contributed by atoms with van der Waals surface area (Å²) in [6.07, 6.45) is 4.14. The van der Waals surface area contributed by atoms with Crippen molar-refractivity contribution in [2.24, 2.45) is 0 Å². The number of benzene rings is 3. The zero-order chi connectivity index (χ0) is 19.2. The van der Waals surface area contributed by atoms with Crippen LogP contribution in [0.3, 0.4) is 0 Å². The van der Waals surface area contributed by atoms with Gasteiger partial charge in [-0.1, -0.05) is 30.3 Å². The first-order chi connectivity index (χ1) is 13.2. The summed E-state index contributed by atoms with van der Waals surface area (Å²) in [7, 11) is 0. The molecule has 0 heterocycles. The first-order valence-electron chi connectivity index (χ1n) is 8.90. The third kappa shape index (κ3) is 4.36. The van der Waals surface area contributed by atoms with E-state index in [4.69, 9.17) is 9.47 Å². The van der Waals surface area contributed by atoms with Gasteiger partial charge in [-0.2, -0.15) is 23.5 Å². The number of thioether (sulfide) groups is 2. The van der Waals surface area contributed by atoms with Gasteiger partial charge in [-0.15, -0.1) is 0 Å². The minimum absolute atomic E-state index is 0.0463. The van der Waals surface area contributed by atoms with E-state index in [1.165, 1.54) is 0 Å². The SMILES string of the molecule is CSCCOc1c2ccccc2c(OCCSC)c2cc(C(C)=O)ccc12. The van der Waals surface area contributed by atoms with Gasteiger partial charge in [0.05, 0.1) is 13.2 Å². The average Bonchev–Trinajstić information content (AvgIpc) is 2.69. The van der Waals surface area contributed by atoms with E-state index in [-0.39, 0.29) is 5.78 Å². The van der Waals surface area contributed by atoms with Crippen LogP contribution in [0.1, 0.15) is 17.3 Å². The Morgan fingerprint density at radius 2 is 1.33 bits per heavy atom. The molecule has 0 aliphatic rings. The highest BCUT2D eigenvalue weighted by Crippen LogP contribution is 2.43. The highest BCUT2D eigenvalue weighted by Gasteiger charge is 2.17. The van der Waals surface area contributed by atoms with E-state index in [2.05, 4.69) is 24.6 Å². The summed E-state index contributed by atoms with van der Waals surface area (Å²) >= 11 is 3.51. The smallest absolute Gasteiger partial charge is 0.159 e. The third-order valence-corrected chi connectivity index (χ3v) is 5.55. The van der Waals surface area contributed by atoms with Gasteiger partial charge in [0, 0.05) is 38.6 Å². The Balaban J connectivity index is 2.25. The molecule has 3 rings (SSSR count). The quantitative estimate of drug-likeness (QED) is 0.262. The first kappa shape index (κ1) is 19.9. The Hall–Kier alpha value is -1.85. The van der Waals surface area contributed by atoms with Crippen LogP contribution in [-0.2, 0) is 0 Å². The molecule has 5 heteroatoms. The predicted octanol–water partition coefficient (Wildman–Crippen LogP) is 5.68. The molecule has 0 N–H and O–H groups in total. The van der Waals surface area contributed by atoms with Crippen molar-refractivity contribution in [2.75, 3.05) is 37.2 Å². The fourth-order valence-electron chi connectivity index (χ4n) is 3.08. The number of ketones is 1. The van der Waals surface area contributed by atoms with Gasteiger partial charge in [0.15, 0.2) is 5.78 Å². The maximum atomic E-state index is 11.9. The van der Waals surface area contributed by atoms with Crippen LogP contribution in [0.2, 0.25) is 0 Å². The van der Waals surface area contributed by atoms with Crippen molar-refractivity contribution in [2.45, 2.75) is 6.92 Å². The zero-order valence-electron chi connectivity index (χ0n) is 15.9. The number of rotatable bonds is 9. The van der Waals surface area contributed by atoms with Crippen molar-refractivity contribution in [3.8, 4) is 11.5 Å². The molecule has 0 bridgehead atoms. The van der Waals surface area contributed by atoms with Gasteiger partial charge in [0.2, 0.25) is 0 Å². The number of carbonyl (C=O) groups excluding carboxylic acids is 1.